The predicted octanol–water partition coefficient (Wildman–Crippen LogP) is 7.11. The van der Waals surface area contributed by atoms with Crippen LogP contribution in [0.5, 0.6) is 0 Å². The number of aryl methyl sites for hydroxylation is 1. The van der Waals surface area contributed by atoms with Gasteiger partial charge in [-0.2, -0.15) is 0 Å². The largest absolute Gasteiger partial charge is 0.461 e. The molecule has 0 aliphatic carbocycles. The van der Waals surface area contributed by atoms with Crippen molar-refractivity contribution in [3.05, 3.63) is 59.2 Å². The molecule has 0 aliphatic heterocycles. The Morgan fingerprint density at radius 3 is 1.98 bits per heavy atom. The molecular formula is C39H60N4O7. The maximum atomic E-state index is 13.7. The molecular weight excluding hydrogens is 636 g/mol. The summed E-state index contributed by atoms with van der Waals surface area (Å²) < 4.78 is 5.73. The zero-order valence-corrected chi connectivity index (χ0v) is 31.6. The summed E-state index contributed by atoms with van der Waals surface area (Å²) in [4.78, 5) is 78.3. The number of para-hydroxylation sites is 1. The van der Waals surface area contributed by atoms with Crippen molar-refractivity contribution in [2.24, 2.45) is 0 Å². The van der Waals surface area contributed by atoms with E-state index in [0.717, 1.165) is 12.8 Å². The van der Waals surface area contributed by atoms with Gasteiger partial charge in [-0.1, -0.05) is 92.0 Å². The van der Waals surface area contributed by atoms with Gasteiger partial charge in [0.15, 0.2) is 11.6 Å². The molecule has 2 aromatic carbocycles. The monoisotopic (exact) mass is 696 g/mol. The van der Waals surface area contributed by atoms with Crippen molar-refractivity contribution in [3.8, 4) is 0 Å². The number of Topliss-reactive ketones (excluding diaryl/α,β-unsaturated/α-hetero) is 2. The highest BCUT2D eigenvalue weighted by Crippen LogP contribution is 2.21. The second-order valence-electron chi connectivity index (χ2n) is 11.8. The molecule has 3 atom stereocenters. The van der Waals surface area contributed by atoms with Crippen LogP contribution in [0, 0.1) is 6.92 Å². The Bertz CT molecular complexity index is 1370. The molecule has 0 spiro atoms. The number of carbonyl (C=O) groups is 6. The van der Waals surface area contributed by atoms with Crippen LogP contribution in [0.15, 0.2) is 42.5 Å². The molecule has 0 aliphatic rings. The lowest BCUT2D eigenvalue weighted by atomic mass is 9.97. The molecule has 0 radical (unpaired) electrons. The van der Waals surface area contributed by atoms with Gasteiger partial charge in [0.25, 0.3) is 0 Å². The van der Waals surface area contributed by atoms with Crippen LogP contribution >= 0.6 is 0 Å². The Hall–Kier alpha value is -4.54. The van der Waals surface area contributed by atoms with E-state index in [1.54, 1.807) is 50.2 Å². The van der Waals surface area contributed by atoms with Gasteiger partial charge >= 0.3 is 5.97 Å². The molecule has 50 heavy (non-hydrogen) atoms. The number of nitrogen functional groups attached to an aromatic ring is 1. The number of anilines is 2. The van der Waals surface area contributed by atoms with E-state index in [1.165, 1.54) is 19.4 Å². The fourth-order valence-corrected chi connectivity index (χ4v) is 4.87. The number of unbranched alkanes of at least 4 members (excludes halogenated alkanes) is 1. The highest BCUT2D eigenvalue weighted by atomic mass is 16.5. The van der Waals surface area contributed by atoms with Gasteiger partial charge in [0.1, 0.15) is 18.2 Å². The van der Waals surface area contributed by atoms with Crippen LogP contribution in [0.3, 0.4) is 0 Å². The molecule has 11 heteroatoms. The standard InChI is InChI=1S/C34H46N4O7.C3H8.C2H6/c1-6-9-15-23(8-3)45-34(44)28(20-30(41)32-21(4)14-12-17-25(32)35)38-33(43)27(37-31(42)13-7-2)19-29(40)24-16-10-11-18-26(24)36-22(5)39;1-3-2;1-2/h10-12,14,16-18,23,27-28H,6-9,13,15,19-20,35H2,1-5H3,(H,36,39)(H,37,42)(H,38,43);3H2,1-2H3;1-2H3/t23?,27?,28-;;/m1../s1. The Balaban J connectivity index is 0.00000454. The average molecular weight is 697 g/mol. The Kier molecular flexibility index (Phi) is 23.1. The first-order valence-corrected chi connectivity index (χ1v) is 17.9. The molecule has 0 saturated carbocycles. The number of hydrogen-bond donors (Lipinski definition) is 4. The fourth-order valence-electron chi connectivity index (χ4n) is 4.87. The summed E-state index contributed by atoms with van der Waals surface area (Å²) in [6.07, 6.45) is 3.42. The minimum absolute atomic E-state index is 0.104. The van der Waals surface area contributed by atoms with Crippen LogP contribution in [-0.2, 0) is 23.9 Å². The van der Waals surface area contributed by atoms with Crippen molar-refractivity contribution >= 4 is 46.6 Å². The molecule has 0 saturated heterocycles. The molecule has 2 unspecified atom stereocenters. The van der Waals surface area contributed by atoms with Crippen LogP contribution in [0.25, 0.3) is 0 Å². The number of nitrogens with one attached hydrogen (secondary N) is 3. The third-order valence-corrected chi connectivity index (χ3v) is 7.25. The van der Waals surface area contributed by atoms with Crippen LogP contribution in [0.4, 0.5) is 11.4 Å². The van der Waals surface area contributed by atoms with E-state index < -0.39 is 60.4 Å². The summed E-state index contributed by atoms with van der Waals surface area (Å²) in [5.74, 6) is -3.47. The van der Waals surface area contributed by atoms with Crippen molar-refractivity contribution < 1.29 is 33.5 Å². The zero-order chi connectivity index (χ0) is 38.2. The van der Waals surface area contributed by atoms with Gasteiger partial charge in [-0.15, -0.1) is 0 Å². The third-order valence-electron chi connectivity index (χ3n) is 7.25. The minimum Gasteiger partial charge on any atom is -0.461 e. The first-order valence-electron chi connectivity index (χ1n) is 17.9. The van der Waals surface area contributed by atoms with E-state index in [4.69, 9.17) is 10.5 Å². The summed E-state index contributed by atoms with van der Waals surface area (Å²) in [6, 6.07) is 8.53. The Labute approximate surface area is 298 Å². The van der Waals surface area contributed by atoms with Gasteiger partial charge < -0.3 is 26.4 Å². The third kappa shape index (κ3) is 16.2. The number of amides is 3. The number of rotatable bonds is 18. The van der Waals surface area contributed by atoms with E-state index >= 15 is 0 Å². The number of benzene rings is 2. The van der Waals surface area contributed by atoms with E-state index in [0.29, 0.717) is 24.8 Å². The van der Waals surface area contributed by atoms with Crippen LogP contribution < -0.4 is 21.7 Å². The normalized spacial score (nSPS) is 11.9. The quantitative estimate of drug-likeness (QED) is 0.0725. The van der Waals surface area contributed by atoms with Crippen LogP contribution in [0.1, 0.15) is 139 Å². The van der Waals surface area contributed by atoms with Crippen LogP contribution in [-0.4, -0.2) is 53.4 Å². The Morgan fingerprint density at radius 2 is 1.42 bits per heavy atom. The topological polar surface area (TPSA) is 174 Å². The summed E-state index contributed by atoms with van der Waals surface area (Å²) in [5.41, 5.74) is 7.58. The lowest BCUT2D eigenvalue weighted by molar-refractivity contribution is -0.153. The van der Waals surface area contributed by atoms with E-state index in [9.17, 15) is 28.8 Å². The second kappa shape index (κ2) is 25.4. The lowest BCUT2D eigenvalue weighted by Gasteiger charge is -2.25. The highest BCUT2D eigenvalue weighted by Gasteiger charge is 2.33. The van der Waals surface area contributed by atoms with Gasteiger partial charge in [-0.25, -0.2) is 4.79 Å². The van der Waals surface area contributed by atoms with Gasteiger partial charge in [0, 0.05) is 43.0 Å². The van der Waals surface area contributed by atoms with Crippen molar-refractivity contribution in [3.63, 3.8) is 0 Å². The summed E-state index contributed by atoms with van der Waals surface area (Å²) in [5, 5.41) is 7.76. The molecule has 3 amide bonds. The smallest absolute Gasteiger partial charge is 0.329 e. The molecule has 5 N–H and O–H groups in total. The second-order valence-corrected chi connectivity index (χ2v) is 11.8. The lowest BCUT2D eigenvalue weighted by Crippen LogP contribution is -2.53. The number of hydrogen-bond acceptors (Lipinski definition) is 8. The molecule has 2 aromatic rings. The van der Waals surface area contributed by atoms with Gasteiger partial charge in [-0.05, 0) is 49.9 Å². The molecule has 0 bridgehead atoms. The maximum Gasteiger partial charge on any atom is 0.329 e. The summed E-state index contributed by atoms with van der Waals surface area (Å²) in [7, 11) is 0. The molecule has 11 nitrogen and oxygen atoms in total. The number of ether oxygens (including phenoxy) is 1. The fraction of sp³-hybridized carbons (Fsp3) is 0.538. The minimum atomic E-state index is -1.41. The van der Waals surface area contributed by atoms with Crippen molar-refractivity contribution in [1.29, 1.82) is 0 Å². The van der Waals surface area contributed by atoms with Crippen molar-refractivity contribution in [2.75, 3.05) is 11.1 Å². The zero-order valence-electron chi connectivity index (χ0n) is 31.6. The average Bonchev–Trinajstić information content (AvgIpc) is 3.07. The predicted molar refractivity (Wildman–Crippen MR) is 200 cm³/mol. The van der Waals surface area contributed by atoms with Crippen molar-refractivity contribution in [2.45, 2.75) is 138 Å². The maximum absolute atomic E-state index is 13.7. The molecule has 0 aromatic heterocycles. The van der Waals surface area contributed by atoms with Crippen LogP contribution in [0.2, 0.25) is 0 Å². The number of carbonyl (C=O) groups excluding carboxylic acids is 6. The molecule has 2 rings (SSSR count). The number of nitrogens with two attached hydrogens (primary N) is 1. The number of esters is 1. The van der Waals surface area contributed by atoms with Gasteiger partial charge in [-0.3, -0.25) is 24.0 Å². The van der Waals surface area contributed by atoms with E-state index in [-0.39, 0.29) is 34.8 Å². The van der Waals surface area contributed by atoms with Crippen molar-refractivity contribution in [1.82, 2.24) is 10.6 Å². The van der Waals surface area contributed by atoms with Gasteiger partial charge in [0.05, 0.1) is 5.69 Å². The summed E-state index contributed by atoms with van der Waals surface area (Å²) >= 11 is 0. The molecule has 278 valence electrons. The first kappa shape index (κ1) is 45.5. The summed E-state index contributed by atoms with van der Waals surface area (Å²) in [6.45, 7) is 17.0. The first-order chi connectivity index (χ1) is 23.8. The number of ketones is 2. The van der Waals surface area contributed by atoms with E-state index in [1.807, 2.05) is 27.7 Å². The van der Waals surface area contributed by atoms with Gasteiger partial charge in [0.2, 0.25) is 17.7 Å². The molecule has 0 fully saturated rings. The Morgan fingerprint density at radius 1 is 0.800 bits per heavy atom. The highest BCUT2D eigenvalue weighted by molar-refractivity contribution is 6.07. The van der Waals surface area contributed by atoms with E-state index in [2.05, 4.69) is 29.8 Å². The molecule has 0 heterocycles. The SMILES string of the molecule is CC.CCC.CCCCC(CC)OC(=O)[C@@H](CC(=O)c1c(C)cccc1N)NC(=O)C(CC(=O)c1ccccc1NC(C)=O)NC(=O)CCC.